The van der Waals surface area contributed by atoms with Crippen LogP contribution in [0.15, 0.2) is 72.8 Å². The summed E-state index contributed by atoms with van der Waals surface area (Å²) < 4.78 is -1.56. The molecule has 4 heteroatoms. The number of hydrogen-bond acceptors (Lipinski definition) is 1. The van der Waals surface area contributed by atoms with Crippen LogP contribution in [0.5, 0.6) is 0 Å². The molecular formula is C18H13Cl3N. The second kappa shape index (κ2) is 6.37. The zero-order chi connectivity index (χ0) is 15.6. The topological polar surface area (TPSA) is 12.0 Å². The van der Waals surface area contributed by atoms with Crippen molar-refractivity contribution in [2.75, 3.05) is 5.32 Å². The average molecular weight is 350 g/mol. The first-order chi connectivity index (χ1) is 10.6. The van der Waals surface area contributed by atoms with Crippen LogP contribution in [0.2, 0.25) is 0 Å². The van der Waals surface area contributed by atoms with Crippen LogP contribution in [0.4, 0.5) is 5.69 Å². The van der Waals surface area contributed by atoms with Crippen molar-refractivity contribution in [2.24, 2.45) is 0 Å². The average Bonchev–Trinajstić information content (AvgIpc) is 2.52. The summed E-state index contributed by atoms with van der Waals surface area (Å²) in [7, 11) is 0. The summed E-state index contributed by atoms with van der Waals surface area (Å²) >= 11 is 18.6. The largest absolute Gasteiger partial charge is 0.369 e. The van der Waals surface area contributed by atoms with Crippen LogP contribution in [-0.4, -0.2) is 3.79 Å². The molecule has 0 aliphatic rings. The van der Waals surface area contributed by atoms with E-state index < -0.39 is 3.79 Å². The van der Waals surface area contributed by atoms with Crippen molar-refractivity contribution in [3.63, 3.8) is 0 Å². The lowest BCUT2D eigenvalue weighted by Gasteiger charge is -2.27. The molecule has 1 nitrogen and oxygen atoms in total. The van der Waals surface area contributed by atoms with E-state index >= 15 is 0 Å². The Morgan fingerprint density at radius 3 is 2.09 bits per heavy atom. The van der Waals surface area contributed by atoms with Crippen LogP contribution in [-0.2, 0) is 0 Å². The van der Waals surface area contributed by atoms with E-state index in [2.05, 4.69) is 5.32 Å². The number of anilines is 1. The van der Waals surface area contributed by atoms with Crippen molar-refractivity contribution in [3.05, 3.63) is 84.4 Å². The number of alkyl halides is 3. The van der Waals surface area contributed by atoms with E-state index in [4.69, 9.17) is 34.8 Å². The molecule has 1 N–H and O–H groups in total. The number of halogens is 3. The van der Waals surface area contributed by atoms with Gasteiger partial charge in [0.25, 0.3) is 0 Å². The molecule has 3 aromatic carbocycles. The van der Waals surface area contributed by atoms with E-state index in [0.29, 0.717) is 6.04 Å². The van der Waals surface area contributed by atoms with Crippen molar-refractivity contribution in [1.29, 1.82) is 0 Å². The van der Waals surface area contributed by atoms with E-state index in [0.717, 1.165) is 22.0 Å². The van der Waals surface area contributed by atoms with E-state index in [1.165, 1.54) is 0 Å². The molecule has 111 valence electrons. The molecule has 3 rings (SSSR count). The SMILES string of the molecule is ClC(Cl)(Cl)[C](Nc1ccccc1)c1cccc2ccccc12. The highest BCUT2D eigenvalue weighted by Gasteiger charge is 2.36. The molecule has 0 amide bonds. The fraction of sp³-hybridized carbons (Fsp3) is 0.0556. The Balaban J connectivity index is 2.09. The minimum absolute atomic E-state index is 0.542. The summed E-state index contributed by atoms with van der Waals surface area (Å²) in [6.07, 6.45) is 0. The Morgan fingerprint density at radius 1 is 0.727 bits per heavy atom. The Morgan fingerprint density at radius 2 is 1.36 bits per heavy atom. The molecule has 22 heavy (non-hydrogen) atoms. The van der Waals surface area contributed by atoms with Gasteiger partial charge in [0, 0.05) is 5.69 Å². The molecule has 0 unspecified atom stereocenters. The van der Waals surface area contributed by atoms with Gasteiger partial charge in [-0.3, -0.25) is 0 Å². The number of hydrogen-bond donors (Lipinski definition) is 1. The van der Waals surface area contributed by atoms with E-state index in [9.17, 15) is 0 Å². The third-order valence-corrected chi connectivity index (χ3v) is 3.95. The zero-order valence-corrected chi connectivity index (χ0v) is 13.8. The van der Waals surface area contributed by atoms with Gasteiger partial charge in [-0.05, 0) is 28.5 Å². The fourth-order valence-corrected chi connectivity index (χ4v) is 2.85. The summed E-state index contributed by atoms with van der Waals surface area (Å²) in [6, 6.07) is 24.2. The Bertz CT molecular complexity index is 761. The van der Waals surface area contributed by atoms with Crippen LogP contribution in [0.1, 0.15) is 5.56 Å². The first kappa shape index (κ1) is 15.5. The van der Waals surface area contributed by atoms with Gasteiger partial charge in [0.05, 0.1) is 0 Å². The van der Waals surface area contributed by atoms with Crippen LogP contribution in [0.3, 0.4) is 0 Å². The highest BCUT2D eigenvalue weighted by Crippen LogP contribution is 2.43. The van der Waals surface area contributed by atoms with Gasteiger partial charge >= 0.3 is 0 Å². The molecule has 0 saturated carbocycles. The maximum absolute atomic E-state index is 6.22. The summed E-state index contributed by atoms with van der Waals surface area (Å²) in [5, 5.41) is 5.38. The quantitative estimate of drug-likeness (QED) is 0.555. The maximum atomic E-state index is 6.22. The van der Waals surface area contributed by atoms with E-state index in [-0.39, 0.29) is 0 Å². The molecule has 3 aromatic rings. The van der Waals surface area contributed by atoms with Crippen LogP contribution in [0.25, 0.3) is 10.8 Å². The molecule has 0 fully saturated rings. The van der Waals surface area contributed by atoms with Gasteiger partial charge in [-0.2, -0.15) is 0 Å². The summed E-state index contributed by atoms with van der Waals surface area (Å²) in [6.45, 7) is 0. The van der Waals surface area contributed by atoms with Crippen molar-refractivity contribution < 1.29 is 0 Å². The lowest BCUT2D eigenvalue weighted by Crippen LogP contribution is -2.26. The highest BCUT2D eigenvalue weighted by molar-refractivity contribution is 6.69. The molecule has 0 aliphatic heterocycles. The maximum Gasteiger partial charge on any atom is 0.220 e. The first-order valence-electron chi connectivity index (χ1n) is 6.80. The highest BCUT2D eigenvalue weighted by atomic mass is 35.6. The fourth-order valence-electron chi connectivity index (χ4n) is 2.40. The number of nitrogens with one attached hydrogen (secondary N) is 1. The second-order valence-electron chi connectivity index (χ2n) is 4.89. The molecular weight excluding hydrogens is 337 g/mol. The van der Waals surface area contributed by atoms with Crippen LogP contribution < -0.4 is 5.32 Å². The van der Waals surface area contributed by atoms with Gasteiger partial charge in [-0.1, -0.05) is 95.5 Å². The normalized spacial score (nSPS) is 11.8. The Hall–Kier alpha value is -1.41. The predicted molar refractivity (Wildman–Crippen MR) is 96.6 cm³/mol. The lowest BCUT2D eigenvalue weighted by molar-refractivity contribution is 1.07. The minimum atomic E-state index is -1.56. The summed E-state index contributed by atoms with van der Waals surface area (Å²) in [5.41, 5.74) is 1.75. The van der Waals surface area contributed by atoms with Crippen LogP contribution in [0, 0.1) is 6.04 Å². The summed E-state index contributed by atoms with van der Waals surface area (Å²) in [4.78, 5) is 0. The molecule has 0 heterocycles. The Kier molecular flexibility index (Phi) is 4.49. The molecule has 0 saturated heterocycles. The van der Waals surface area contributed by atoms with Crippen LogP contribution >= 0.6 is 34.8 Å². The molecule has 0 aliphatic carbocycles. The van der Waals surface area contributed by atoms with Gasteiger partial charge in [0.1, 0.15) is 6.04 Å². The van der Waals surface area contributed by atoms with Gasteiger partial charge in [0.2, 0.25) is 3.79 Å². The third-order valence-electron chi connectivity index (χ3n) is 3.39. The number of fused-ring (bicyclic) bond motifs is 1. The van der Waals surface area contributed by atoms with Gasteiger partial charge in [0.15, 0.2) is 0 Å². The molecule has 0 spiro atoms. The number of benzene rings is 3. The van der Waals surface area contributed by atoms with Crippen molar-refractivity contribution in [2.45, 2.75) is 3.79 Å². The van der Waals surface area contributed by atoms with Gasteiger partial charge in [-0.15, -0.1) is 0 Å². The molecule has 1 radical (unpaired) electrons. The van der Waals surface area contributed by atoms with E-state index in [1.54, 1.807) is 0 Å². The Labute approximate surface area is 144 Å². The van der Waals surface area contributed by atoms with Crippen molar-refractivity contribution in [1.82, 2.24) is 0 Å². The lowest BCUT2D eigenvalue weighted by atomic mass is 9.99. The minimum Gasteiger partial charge on any atom is -0.369 e. The smallest absolute Gasteiger partial charge is 0.220 e. The summed E-state index contributed by atoms with van der Waals surface area (Å²) in [5.74, 6) is 0. The molecule has 0 aromatic heterocycles. The standard InChI is InChI=1S/C18H13Cl3N/c19-18(20,21)17(22-14-9-2-1-3-10-14)16-12-6-8-13-7-4-5-11-15(13)16/h1-12,22H. The first-order valence-corrected chi connectivity index (χ1v) is 7.93. The van der Waals surface area contributed by atoms with Crippen molar-refractivity contribution in [3.8, 4) is 0 Å². The van der Waals surface area contributed by atoms with Crippen molar-refractivity contribution >= 4 is 51.3 Å². The number of para-hydroxylation sites is 1. The molecule has 0 bridgehead atoms. The molecule has 0 atom stereocenters. The third kappa shape index (κ3) is 3.33. The predicted octanol–water partition coefficient (Wildman–Crippen LogP) is 6.20. The zero-order valence-electron chi connectivity index (χ0n) is 11.6. The second-order valence-corrected chi connectivity index (χ2v) is 7.17. The number of rotatable bonds is 3. The van der Waals surface area contributed by atoms with Gasteiger partial charge < -0.3 is 5.32 Å². The monoisotopic (exact) mass is 348 g/mol. The van der Waals surface area contributed by atoms with Gasteiger partial charge in [-0.25, -0.2) is 0 Å². The van der Waals surface area contributed by atoms with E-state index in [1.807, 2.05) is 72.8 Å².